The number of nitrogens with zero attached hydrogens (tertiary/aromatic N) is 4. The van der Waals surface area contributed by atoms with Gasteiger partial charge >= 0.3 is 0 Å². The Morgan fingerprint density at radius 3 is 2.76 bits per heavy atom. The Balaban J connectivity index is 1.42. The van der Waals surface area contributed by atoms with Crippen molar-refractivity contribution in [2.45, 2.75) is 6.54 Å². The predicted octanol–water partition coefficient (Wildman–Crippen LogP) is 2.78. The Morgan fingerprint density at radius 2 is 2.04 bits per heavy atom. The van der Waals surface area contributed by atoms with E-state index in [9.17, 15) is 4.79 Å². The first-order chi connectivity index (χ1) is 12.1. The van der Waals surface area contributed by atoms with E-state index in [-0.39, 0.29) is 5.91 Å². The normalized spacial score (nSPS) is 15.8. The minimum Gasteiger partial charge on any atom is -0.459 e. The predicted molar refractivity (Wildman–Crippen MR) is 95.6 cm³/mol. The maximum absolute atomic E-state index is 12.3. The van der Waals surface area contributed by atoms with Gasteiger partial charge in [-0.2, -0.15) is 0 Å². The molecule has 1 aromatic carbocycles. The summed E-state index contributed by atoms with van der Waals surface area (Å²) < 4.78 is 7.30. The highest BCUT2D eigenvalue weighted by atomic mass is 35.5. The molecule has 0 saturated carbocycles. The molecule has 0 atom stereocenters. The fourth-order valence-corrected chi connectivity index (χ4v) is 3.40. The fourth-order valence-electron chi connectivity index (χ4n) is 3.23. The summed E-state index contributed by atoms with van der Waals surface area (Å²) in [6, 6.07) is 9.21. The van der Waals surface area contributed by atoms with E-state index in [2.05, 4.69) is 9.47 Å². The van der Waals surface area contributed by atoms with Crippen molar-refractivity contribution in [1.29, 1.82) is 0 Å². The zero-order valence-electron chi connectivity index (χ0n) is 14.0. The number of halogens is 1. The minimum absolute atomic E-state index is 0.0398. The molecule has 1 aliphatic rings. The Hall–Kier alpha value is -2.31. The lowest BCUT2D eigenvalue weighted by Crippen LogP contribution is -2.48. The van der Waals surface area contributed by atoms with E-state index in [0.29, 0.717) is 23.9 Å². The minimum atomic E-state index is -0.0398. The van der Waals surface area contributed by atoms with E-state index in [4.69, 9.17) is 21.0 Å². The highest BCUT2D eigenvalue weighted by molar-refractivity contribution is 6.31. The fraction of sp³-hybridized carbons (Fsp3) is 0.333. The first kappa shape index (κ1) is 16.2. The number of amides is 1. The van der Waals surface area contributed by atoms with Gasteiger partial charge in [-0.1, -0.05) is 11.6 Å². The molecule has 0 radical (unpaired) electrons. The summed E-state index contributed by atoms with van der Waals surface area (Å²) in [6.07, 6.45) is 1.53. The third kappa shape index (κ3) is 3.15. The van der Waals surface area contributed by atoms with Gasteiger partial charge in [0.25, 0.3) is 5.91 Å². The Bertz CT molecular complexity index is 895. The van der Waals surface area contributed by atoms with E-state index < -0.39 is 0 Å². The first-order valence-electron chi connectivity index (χ1n) is 8.28. The summed E-state index contributed by atoms with van der Waals surface area (Å²) in [7, 11) is 2.02. The van der Waals surface area contributed by atoms with E-state index in [1.165, 1.54) is 6.26 Å². The first-order valence-corrected chi connectivity index (χ1v) is 8.65. The molecule has 2 aromatic heterocycles. The van der Waals surface area contributed by atoms with Crippen LogP contribution in [-0.4, -0.2) is 51.4 Å². The molecule has 1 aliphatic heterocycles. The van der Waals surface area contributed by atoms with Crippen LogP contribution in [0.5, 0.6) is 0 Å². The summed E-state index contributed by atoms with van der Waals surface area (Å²) in [5.41, 5.74) is 1.99. The van der Waals surface area contributed by atoms with E-state index in [0.717, 1.165) is 36.5 Å². The van der Waals surface area contributed by atoms with Crippen LogP contribution < -0.4 is 0 Å². The summed E-state index contributed by atoms with van der Waals surface area (Å²) in [5.74, 6) is 1.37. The summed E-state index contributed by atoms with van der Waals surface area (Å²) in [4.78, 5) is 21.2. The number of piperazine rings is 1. The number of hydrogen-bond acceptors (Lipinski definition) is 4. The van der Waals surface area contributed by atoms with Gasteiger partial charge in [0.15, 0.2) is 5.76 Å². The van der Waals surface area contributed by atoms with Crippen LogP contribution in [-0.2, 0) is 13.6 Å². The van der Waals surface area contributed by atoms with Gasteiger partial charge < -0.3 is 13.9 Å². The quantitative estimate of drug-likeness (QED) is 0.722. The largest absolute Gasteiger partial charge is 0.459 e. The Kier molecular flexibility index (Phi) is 4.23. The average Bonchev–Trinajstić information content (AvgIpc) is 3.24. The third-order valence-electron chi connectivity index (χ3n) is 4.69. The van der Waals surface area contributed by atoms with Gasteiger partial charge in [-0.3, -0.25) is 9.69 Å². The van der Waals surface area contributed by atoms with Crippen molar-refractivity contribution >= 4 is 28.5 Å². The maximum Gasteiger partial charge on any atom is 0.289 e. The van der Waals surface area contributed by atoms with Crippen molar-refractivity contribution in [2.24, 2.45) is 7.05 Å². The molecule has 3 heterocycles. The van der Waals surface area contributed by atoms with Crippen molar-refractivity contribution in [3.63, 3.8) is 0 Å². The van der Waals surface area contributed by atoms with E-state index in [1.54, 1.807) is 12.1 Å². The van der Waals surface area contributed by atoms with Gasteiger partial charge in [-0.25, -0.2) is 4.98 Å². The van der Waals surface area contributed by atoms with Crippen LogP contribution in [0.25, 0.3) is 11.0 Å². The van der Waals surface area contributed by atoms with Crippen LogP contribution in [0.1, 0.15) is 16.4 Å². The van der Waals surface area contributed by atoms with Crippen molar-refractivity contribution in [3.8, 4) is 0 Å². The Labute approximate surface area is 150 Å². The number of aromatic nitrogens is 2. The van der Waals surface area contributed by atoms with Gasteiger partial charge in [-0.05, 0) is 30.3 Å². The molecular formula is C18H19ClN4O2. The second-order valence-corrected chi connectivity index (χ2v) is 6.70. The molecule has 1 saturated heterocycles. The molecule has 0 N–H and O–H groups in total. The molecule has 0 unspecified atom stereocenters. The monoisotopic (exact) mass is 358 g/mol. The lowest BCUT2D eigenvalue weighted by Gasteiger charge is -2.34. The van der Waals surface area contributed by atoms with Gasteiger partial charge in [0.1, 0.15) is 5.82 Å². The summed E-state index contributed by atoms with van der Waals surface area (Å²) in [6.45, 7) is 3.77. The number of fused-ring (bicyclic) bond motifs is 1. The molecule has 6 nitrogen and oxygen atoms in total. The van der Waals surface area contributed by atoms with Crippen molar-refractivity contribution < 1.29 is 9.21 Å². The number of aryl methyl sites for hydroxylation is 1. The number of benzene rings is 1. The standard InChI is InChI=1S/C18H19ClN4O2/c1-21-15-5-4-13(19)11-14(15)20-17(21)12-22-6-8-23(9-7-22)18(24)16-3-2-10-25-16/h2-5,10-11H,6-9,12H2,1H3. The molecule has 0 bridgehead atoms. The summed E-state index contributed by atoms with van der Waals surface area (Å²) in [5, 5.41) is 0.696. The number of carbonyl (C=O) groups is 1. The highest BCUT2D eigenvalue weighted by Gasteiger charge is 2.24. The molecule has 0 aliphatic carbocycles. The second kappa shape index (κ2) is 6.54. The number of carbonyl (C=O) groups excluding carboxylic acids is 1. The lowest BCUT2D eigenvalue weighted by molar-refractivity contribution is 0.0594. The zero-order chi connectivity index (χ0) is 17.4. The number of furan rings is 1. The van der Waals surface area contributed by atoms with E-state index in [1.807, 2.05) is 30.1 Å². The molecule has 1 fully saturated rings. The molecule has 1 amide bonds. The van der Waals surface area contributed by atoms with Crippen LogP contribution in [0.3, 0.4) is 0 Å². The Morgan fingerprint density at radius 1 is 1.24 bits per heavy atom. The van der Waals surface area contributed by atoms with Crippen LogP contribution in [0.15, 0.2) is 41.0 Å². The lowest BCUT2D eigenvalue weighted by atomic mass is 10.3. The van der Waals surface area contributed by atoms with Gasteiger partial charge in [0, 0.05) is 38.2 Å². The highest BCUT2D eigenvalue weighted by Crippen LogP contribution is 2.21. The van der Waals surface area contributed by atoms with Gasteiger partial charge in [-0.15, -0.1) is 0 Å². The average molecular weight is 359 g/mol. The molecule has 0 spiro atoms. The maximum atomic E-state index is 12.3. The van der Waals surface area contributed by atoms with Crippen LogP contribution >= 0.6 is 11.6 Å². The van der Waals surface area contributed by atoms with Crippen LogP contribution in [0.2, 0.25) is 5.02 Å². The van der Waals surface area contributed by atoms with Crippen molar-refractivity contribution in [1.82, 2.24) is 19.4 Å². The number of rotatable bonds is 3. The van der Waals surface area contributed by atoms with E-state index >= 15 is 0 Å². The van der Waals surface area contributed by atoms with Gasteiger partial charge in [0.2, 0.25) is 0 Å². The molecule has 4 rings (SSSR count). The SMILES string of the molecule is Cn1c(CN2CCN(C(=O)c3ccco3)CC2)nc2cc(Cl)ccc21. The molecule has 130 valence electrons. The van der Waals surface area contributed by atoms with Gasteiger partial charge in [0.05, 0.1) is 23.8 Å². The van der Waals surface area contributed by atoms with Crippen molar-refractivity contribution in [2.75, 3.05) is 26.2 Å². The third-order valence-corrected chi connectivity index (χ3v) is 4.93. The molecule has 7 heteroatoms. The van der Waals surface area contributed by atoms with Crippen LogP contribution in [0, 0.1) is 0 Å². The van der Waals surface area contributed by atoms with Crippen LogP contribution in [0.4, 0.5) is 0 Å². The zero-order valence-corrected chi connectivity index (χ0v) is 14.7. The summed E-state index contributed by atoms with van der Waals surface area (Å²) >= 11 is 6.06. The number of hydrogen-bond donors (Lipinski definition) is 0. The smallest absolute Gasteiger partial charge is 0.289 e. The van der Waals surface area contributed by atoms with Crippen molar-refractivity contribution in [3.05, 3.63) is 53.2 Å². The topological polar surface area (TPSA) is 54.5 Å². The molecule has 3 aromatic rings. The molecular weight excluding hydrogens is 340 g/mol. The second-order valence-electron chi connectivity index (χ2n) is 6.27. The molecule has 25 heavy (non-hydrogen) atoms. The number of imidazole rings is 1.